The van der Waals surface area contributed by atoms with Crippen molar-refractivity contribution in [2.24, 2.45) is 0 Å². The molecule has 0 spiro atoms. The smallest absolute Gasteiger partial charge is 0.270 e. The first-order valence-electron chi connectivity index (χ1n) is 7.71. The Morgan fingerprint density at radius 2 is 1.91 bits per heavy atom. The largest absolute Gasteiger partial charge is 0.350 e. The molecule has 0 aliphatic carbocycles. The van der Waals surface area contributed by atoms with E-state index in [-0.39, 0.29) is 5.91 Å². The molecule has 3 rings (SSSR count). The number of hydrogen-bond acceptors (Lipinski definition) is 1. The summed E-state index contributed by atoms with van der Waals surface area (Å²) in [5, 5.41) is 1.67. The predicted molar refractivity (Wildman–Crippen MR) is 94.9 cm³/mol. The van der Waals surface area contributed by atoms with E-state index in [9.17, 15) is 4.79 Å². The third-order valence-electron chi connectivity index (χ3n) is 4.12. The SMILES string of the molecule is CCN(Cc1ccccc1)C(=O)c1[nH]c2ccc(Cl)cc2c1C. The van der Waals surface area contributed by atoms with Gasteiger partial charge in [0.2, 0.25) is 0 Å². The summed E-state index contributed by atoms with van der Waals surface area (Å²) in [6.07, 6.45) is 0. The first kappa shape index (κ1) is 15.6. The van der Waals surface area contributed by atoms with Crippen molar-refractivity contribution in [2.75, 3.05) is 6.54 Å². The van der Waals surface area contributed by atoms with Gasteiger partial charge in [0.25, 0.3) is 5.91 Å². The molecule has 1 amide bonds. The van der Waals surface area contributed by atoms with Gasteiger partial charge in [0.05, 0.1) is 0 Å². The second kappa shape index (κ2) is 6.47. The Hall–Kier alpha value is -2.26. The van der Waals surface area contributed by atoms with Crippen molar-refractivity contribution in [1.29, 1.82) is 0 Å². The maximum Gasteiger partial charge on any atom is 0.270 e. The van der Waals surface area contributed by atoms with Crippen LogP contribution < -0.4 is 0 Å². The lowest BCUT2D eigenvalue weighted by Gasteiger charge is -2.20. The van der Waals surface area contributed by atoms with Crippen LogP contribution in [0.4, 0.5) is 0 Å². The minimum atomic E-state index is 0.0150. The van der Waals surface area contributed by atoms with Crippen LogP contribution >= 0.6 is 11.6 Å². The predicted octanol–water partition coefficient (Wildman–Crippen LogP) is 4.79. The fourth-order valence-corrected chi connectivity index (χ4v) is 2.97. The van der Waals surface area contributed by atoms with Gasteiger partial charge in [0, 0.05) is 29.0 Å². The number of rotatable bonds is 4. The minimum absolute atomic E-state index is 0.0150. The minimum Gasteiger partial charge on any atom is -0.350 e. The number of nitrogens with zero attached hydrogens (tertiary/aromatic N) is 1. The highest BCUT2D eigenvalue weighted by Crippen LogP contribution is 2.26. The van der Waals surface area contributed by atoms with E-state index in [2.05, 4.69) is 4.98 Å². The summed E-state index contributed by atoms with van der Waals surface area (Å²) in [7, 11) is 0. The van der Waals surface area contributed by atoms with E-state index in [0.29, 0.717) is 23.8 Å². The molecule has 0 unspecified atom stereocenters. The van der Waals surface area contributed by atoms with Crippen molar-refractivity contribution >= 4 is 28.4 Å². The molecular formula is C19H19ClN2O. The molecule has 2 aromatic carbocycles. The maximum atomic E-state index is 12.9. The number of hydrogen-bond donors (Lipinski definition) is 1. The molecule has 0 atom stereocenters. The molecule has 3 nitrogen and oxygen atoms in total. The number of halogens is 1. The summed E-state index contributed by atoms with van der Waals surface area (Å²) in [5.41, 5.74) is 3.64. The Labute approximate surface area is 140 Å². The van der Waals surface area contributed by atoms with E-state index in [1.54, 1.807) is 0 Å². The van der Waals surface area contributed by atoms with Gasteiger partial charge in [-0.25, -0.2) is 0 Å². The van der Waals surface area contributed by atoms with Crippen molar-refractivity contribution in [3.63, 3.8) is 0 Å². The van der Waals surface area contributed by atoms with Crippen LogP contribution in [0.15, 0.2) is 48.5 Å². The molecule has 3 aromatic rings. The molecule has 1 aromatic heterocycles. The van der Waals surface area contributed by atoms with Crippen molar-refractivity contribution in [2.45, 2.75) is 20.4 Å². The third-order valence-corrected chi connectivity index (χ3v) is 4.35. The van der Waals surface area contributed by atoms with Gasteiger partial charge in [-0.1, -0.05) is 41.9 Å². The normalized spacial score (nSPS) is 10.9. The number of carbonyl (C=O) groups excluding carboxylic acids is 1. The number of aryl methyl sites for hydroxylation is 1. The van der Waals surface area contributed by atoms with Crippen molar-refractivity contribution in [3.05, 3.63) is 70.4 Å². The molecule has 0 aliphatic rings. The van der Waals surface area contributed by atoms with E-state index in [0.717, 1.165) is 22.0 Å². The van der Waals surface area contributed by atoms with Crippen LogP contribution in [-0.4, -0.2) is 22.3 Å². The van der Waals surface area contributed by atoms with Gasteiger partial charge in [-0.3, -0.25) is 4.79 Å². The Morgan fingerprint density at radius 3 is 2.61 bits per heavy atom. The third kappa shape index (κ3) is 3.10. The first-order chi connectivity index (χ1) is 11.1. The van der Waals surface area contributed by atoms with Crippen LogP contribution in [0.25, 0.3) is 10.9 Å². The first-order valence-corrected chi connectivity index (χ1v) is 8.09. The van der Waals surface area contributed by atoms with Gasteiger partial charge in [-0.15, -0.1) is 0 Å². The summed E-state index contributed by atoms with van der Waals surface area (Å²) in [6, 6.07) is 15.7. The highest BCUT2D eigenvalue weighted by Gasteiger charge is 2.20. The Morgan fingerprint density at radius 1 is 1.17 bits per heavy atom. The second-order valence-electron chi connectivity index (χ2n) is 5.62. The van der Waals surface area contributed by atoms with Crippen LogP contribution in [0, 0.1) is 6.92 Å². The lowest BCUT2D eigenvalue weighted by atomic mass is 10.1. The summed E-state index contributed by atoms with van der Waals surface area (Å²) >= 11 is 6.07. The number of aromatic nitrogens is 1. The van der Waals surface area contributed by atoms with Gasteiger partial charge >= 0.3 is 0 Å². The summed E-state index contributed by atoms with van der Waals surface area (Å²) in [5.74, 6) is 0.0150. The number of nitrogens with one attached hydrogen (secondary N) is 1. The highest BCUT2D eigenvalue weighted by atomic mass is 35.5. The van der Waals surface area contributed by atoms with Crippen molar-refractivity contribution in [3.8, 4) is 0 Å². The van der Waals surface area contributed by atoms with Gasteiger partial charge < -0.3 is 9.88 Å². The van der Waals surface area contributed by atoms with Crippen LogP contribution in [0.5, 0.6) is 0 Å². The molecule has 0 radical (unpaired) electrons. The Bertz CT molecular complexity index is 839. The average molecular weight is 327 g/mol. The highest BCUT2D eigenvalue weighted by molar-refractivity contribution is 6.31. The summed E-state index contributed by atoms with van der Waals surface area (Å²) in [4.78, 5) is 18.0. The molecular weight excluding hydrogens is 308 g/mol. The van der Waals surface area contributed by atoms with E-state index < -0.39 is 0 Å². The molecule has 118 valence electrons. The van der Waals surface area contributed by atoms with Crippen LogP contribution in [-0.2, 0) is 6.54 Å². The number of benzene rings is 2. The molecule has 0 aliphatic heterocycles. The Balaban J connectivity index is 1.93. The van der Waals surface area contributed by atoms with Crippen LogP contribution in [0.3, 0.4) is 0 Å². The van der Waals surface area contributed by atoms with Crippen molar-refractivity contribution in [1.82, 2.24) is 9.88 Å². The molecule has 1 heterocycles. The lowest BCUT2D eigenvalue weighted by molar-refractivity contribution is 0.0747. The molecule has 23 heavy (non-hydrogen) atoms. The number of carbonyl (C=O) groups is 1. The molecule has 0 saturated carbocycles. The van der Waals surface area contributed by atoms with Crippen LogP contribution in [0.1, 0.15) is 28.5 Å². The quantitative estimate of drug-likeness (QED) is 0.735. The van der Waals surface area contributed by atoms with E-state index in [1.165, 1.54) is 0 Å². The fraction of sp³-hybridized carbons (Fsp3) is 0.211. The van der Waals surface area contributed by atoms with Gasteiger partial charge in [0.15, 0.2) is 0 Å². The zero-order valence-electron chi connectivity index (χ0n) is 13.3. The van der Waals surface area contributed by atoms with Gasteiger partial charge in [-0.2, -0.15) is 0 Å². The summed E-state index contributed by atoms with van der Waals surface area (Å²) < 4.78 is 0. The average Bonchev–Trinajstić information content (AvgIpc) is 2.89. The Kier molecular flexibility index (Phi) is 4.39. The van der Waals surface area contributed by atoms with E-state index >= 15 is 0 Å². The monoisotopic (exact) mass is 326 g/mol. The number of aromatic amines is 1. The molecule has 4 heteroatoms. The number of H-pyrrole nitrogens is 1. The molecule has 0 saturated heterocycles. The fourth-order valence-electron chi connectivity index (χ4n) is 2.80. The zero-order chi connectivity index (χ0) is 16.4. The topological polar surface area (TPSA) is 36.1 Å². The zero-order valence-corrected chi connectivity index (χ0v) is 14.0. The lowest BCUT2D eigenvalue weighted by Crippen LogP contribution is -2.31. The molecule has 0 bridgehead atoms. The van der Waals surface area contributed by atoms with E-state index in [4.69, 9.17) is 11.6 Å². The van der Waals surface area contributed by atoms with Crippen molar-refractivity contribution < 1.29 is 4.79 Å². The maximum absolute atomic E-state index is 12.9. The molecule has 1 N–H and O–H groups in total. The standard InChI is InChI=1S/C19H19ClN2O/c1-3-22(12-14-7-5-4-6-8-14)19(23)18-13(2)16-11-15(20)9-10-17(16)21-18/h4-11,21H,3,12H2,1-2H3. The van der Waals surface area contributed by atoms with E-state index in [1.807, 2.05) is 67.3 Å². The summed E-state index contributed by atoms with van der Waals surface area (Å²) in [6.45, 7) is 5.21. The number of amides is 1. The molecule has 0 fully saturated rings. The van der Waals surface area contributed by atoms with Gasteiger partial charge in [-0.05, 0) is 43.2 Å². The second-order valence-corrected chi connectivity index (χ2v) is 6.06. The van der Waals surface area contributed by atoms with Crippen LogP contribution in [0.2, 0.25) is 5.02 Å². The number of fused-ring (bicyclic) bond motifs is 1. The van der Waals surface area contributed by atoms with Gasteiger partial charge in [0.1, 0.15) is 5.69 Å².